The summed E-state index contributed by atoms with van der Waals surface area (Å²) >= 11 is 1.33. The highest BCUT2D eigenvalue weighted by Gasteiger charge is 2.24. The summed E-state index contributed by atoms with van der Waals surface area (Å²) in [4.78, 5) is 29.8. The van der Waals surface area contributed by atoms with Gasteiger partial charge in [0, 0.05) is 12.6 Å². The minimum absolute atomic E-state index is 0.174. The van der Waals surface area contributed by atoms with E-state index in [1.54, 1.807) is 5.51 Å². The molecule has 0 saturated carbocycles. The summed E-state index contributed by atoms with van der Waals surface area (Å²) in [5.41, 5.74) is 2.13. The number of piperidine rings is 1. The summed E-state index contributed by atoms with van der Waals surface area (Å²) in [5.74, 6) is -0.957. The number of carbonyl (C=O) groups is 1. The predicted molar refractivity (Wildman–Crippen MR) is 72.8 cm³/mol. The lowest BCUT2D eigenvalue weighted by molar-refractivity contribution is -0.143. The van der Waals surface area contributed by atoms with Crippen LogP contribution in [0, 0.1) is 5.92 Å². The lowest BCUT2D eigenvalue weighted by atomic mass is 9.97. The van der Waals surface area contributed by atoms with Gasteiger partial charge in [-0.25, -0.2) is 4.98 Å². The molecular weight excluding hydrogens is 280 g/mol. The molecular formula is C12H14N4O3S. The molecule has 2 aromatic heterocycles. The first-order valence-electron chi connectivity index (χ1n) is 6.41. The molecule has 0 radical (unpaired) electrons. The van der Waals surface area contributed by atoms with Crippen molar-refractivity contribution in [1.82, 2.24) is 19.5 Å². The van der Waals surface area contributed by atoms with Crippen LogP contribution in [0.4, 0.5) is 0 Å². The van der Waals surface area contributed by atoms with E-state index < -0.39 is 5.97 Å². The molecule has 1 aliphatic heterocycles. The summed E-state index contributed by atoms with van der Waals surface area (Å²) in [6.45, 7) is 2.03. The van der Waals surface area contributed by atoms with Crippen LogP contribution in [-0.4, -0.2) is 43.7 Å². The number of fused-ring (bicyclic) bond motifs is 1. The van der Waals surface area contributed by atoms with Crippen LogP contribution in [-0.2, 0) is 11.3 Å². The molecule has 0 aliphatic carbocycles. The molecule has 0 spiro atoms. The van der Waals surface area contributed by atoms with Crippen molar-refractivity contribution < 1.29 is 9.90 Å². The molecule has 3 heterocycles. The lowest BCUT2D eigenvalue weighted by Crippen LogP contribution is -2.36. The molecule has 1 aliphatic rings. The molecule has 0 bridgehead atoms. The van der Waals surface area contributed by atoms with E-state index in [1.807, 2.05) is 0 Å². The monoisotopic (exact) mass is 294 g/mol. The van der Waals surface area contributed by atoms with Gasteiger partial charge in [-0.1, -0.05) is 11.3 Å². The SMILES string of the molecule is O=C(O)C1CCN(Cc2cc(=O)n3ncsc3n2)CC1. The van der Waals surface area contributed by atoms with Crippen LogP contribution >= 0.6 is 11.3 Å². The van der Waals surface area contributed by atoms with Crippen LogP contribution in [0.5, 0.6) is 0 Å². The Morgan fingerprint density at radius 3 is 2.90 bits per heavy atom. The number of aromatic nitrogens is 3. The van der Waals surface area contributed by atoms with Crippen LogP contribution < -0.4 is 5.56 Å². The fourth-order valence-electron chi connectivity index (χ4n) is 2.45. The molecule has 20 heavy (non-hydrogen) atoms. The highest BCUT2D eigenvalue weighted by Crippen LogP contribution is 2.18. The predicted octanol–water partition coefficient (Wildman–Crippen LogP) is 0.448. The van der Waals surface area contributed by atoms with Gasteiger partial charge in [-0.15, -0.1) is 0 Å². The van der Waals surface area contributed by atoms with E-state index in [4.69, 9.17) is 5.11 Å². The van der Waals surface area contributed by atoms with Crippen molar-refractivity contribution in [3.05, 3.63) is 27.6 Å². The topological polar surface area (TPSA) is 87.8 Å². The maximum Gasteiger partial charge on any atom is 0.306 e. The van der Waals surface area contributed by atoms with Crippen molar-refractivity contribution >= 4 is 22.3 Å². The molecule has 0 unspecified atom stereocenters. The minimum atomic E-state index is -0.716. The van der Waals surface area contributed by atoms with Gasteiger partial charge in [-0.05, 0) is 25.9 Å². The summed E-state index contributed by atoms with van der Waals surface area (Å²) in [6.07, 6.45) is 1.30. The zero-order valence-electron chi connectivity index (χ0n) is 10.7. The summed E-state index contributed by atoms with van der Waals surface area (Å²) < 4.78 is 1.28. The normalized spacial score (nSPS) is 17.6. The van der Waals surface area contributed by atoms with Gasteiger partial charge in [-0.3, -0.25) is 14.5 Å². The lowest BCUT2D eigenvalue weighted by Gasteiger charge is -2.29. The van der Waals surface area contributed by atoms with Gasteiger partial charge in [0.1, 0.15) is 5.51 Å². The van der Waals surface area contributed by atoms with Crippen molar-refractivity contribution in [1.29, 1.82) is 0 Å². The number of carboxylic acids is 1. The first-order valence-corrected chi connectivity index (χ1v) is 7.29. The Bertz CT molecular complexity index is 687. The number of nitrogens with zero attached hydrogens (tertiary/aromatic N) is 4. The van der Waals surface area contributed by atoms with Crippen molar-refractivity contribution in [3.63, 3.8) is 0 Å². The fourth-order valence-corrected chi connectivity index (χ4v) is 3.09. The van der Waals surface area contributed by atoms with Crippen LogP contribution in [0.15, 0.2) is 16.4 Å². The molecule has 0 aromatic carbocycles. The third-order valence-corrected chi connectivity index (χ3v) is 4.24. The zero-order chi connectivity index (χ0) is 14.1. The largest absolute Gasteiger partial charge is 0.481 e. The Balaban J connectivity index is 1.71. The summed E-state index contributed by atoms with van der Waals surface area (Å²) in [6, 6.07) is 1.50. The van der Waals surface area contributed by atoms with Gasteiger partial charge in [0.05, 0.1) is 11.6 Å². The van der Waals surface area contributed by atoms with E-state index in [9.17, 15) is 9.59 Å². The van der Waals surface area contributed by atoms with Gasteiger partial charge in [0.25, 0.3) is 5.56 Å². The van der Waals surface area contributed by atoms with Crippen molar-refractivity contribution in [2.45, 2.75) is 19.4 Å². The maximum absolute atomic E-state index is 11.8. The molecule has 0 atom stereocenters. The number of carboxylic acid groups (broad SMARTS) is 1. The second kappa shape index (κ2) is 5.29. The number of rotatable bonds is 3. The molecule has 1 fully saturated rings. The number of hydrogen-bond donors (Lipinski definition) is 1. The standard InChI is InChI=1S/C12H14N4O3S/c17-10-5-9(14-12-16(10)13-7-20-12)6-15-3-1-8(2-4-15)11(18)19/h5,7-8H,1-4,6H2,(H,18,19). The van der Waals surface area contributed by atoms with E-state index in [0.717, 1.165) is 13.1 Å². The molecule has 1 saturated heterocycles. The number of likely N-dealkylation sites (tertiary alicyclic amines) is 1. The summed E-state index contributed by atoms with van der Waals surface area (Å²) in [5, 5.41) is 12.9. The summed E-state index contributed by atoms with van der Waals surface area (Å²) in [7, 11) is 0. The Kier molecular flexibility index (Phi) is 3.49. The second-order valence-corrected chi connectivity index (χ2v) is 5.72. The van der Waals surface area contributed by atoms with E-state index in [-0.39, 0.29) is 11.5 Å². The first-order chi connectivity index (χ1) is 9.63. The van der Waals surface area contributed by atoms with Crippen LogP contribution in [0.25, 0.3) is 4.96 Å². The van der Waals surface area contributed by atoms with E-state index in [1.165, 1.54) is 21.9 Å². The number of hydrogen-bond acceptors (Lipinski definition) is 6. The van der Waals surface area contributed by atoms with Gasteiger partial charge in [0.2, 0.25) is 4.96 Å². The fraction of sp³-hybridized carbons (Fsp3) is 0.500. The van der Waals surface area contributed by atoms with Gasteiger partial charge in [0.15, 0.2) is 0 Å². The third-order valence-electron chi connectivity index (χ3n) is 3.56. The Hall–Kier alpha value is -1.80. The van der Waals surface area contributed by atoms with Crippen molar-refractivity contribution in [2.75, 3.05) is 13.1 Å². The van der Waals surface area contributed by atoms with Crippen molar-refractivity contribution in [2.24, 2.45) is 5.92 Å². The second-order valence-electron chi connectivity index (χ2n) is 4.91. The van der Waals surface area contributed by atoms with Gasteiger partial charge in [-0.2, -0.15) is 9.61 Å². The van der Waals surface area contributed by atoms with E-state index in [0.29, 0.717) is 30.0 Å². The Morgan fingerprint density at radius 2 is 2.20 bits per heavy atom. The average molecular weight is 294 g/mol. The molecule has 3 rings (SSSR count). The molecule has 1 N–H and O–H groups in total. The smallest absolute Gasteiger partial charge is 0.306 e. The molecule has 8 heteroatoms. The Labute approximate surface area is 118 Å². The first kappa shape index (κ1) is 13.2. The quantitative estimate of drug-likeness (QED) is 0.884. The van der Waals surface area contributed by atoms with Crippen LogP contribution in [0.1, 0.15) is 18.5 Å². The third kappa shape index (κ3) is 2.56. The average Bonchev–Trinajstić information content (AvgIpc) is 2.88. The molecule has 0 amide bonds. The van der Waals surface area contributed by atoms with Gasteiger partial charge < -0.3 is 5.11 Å². The zero-order valence-corrected chi connectivity index (χ0v) is 11.5. The molecule has 7 nitrogen and oxygen atoms in total. The Morgan fingerprint density at radius 1 is 1.45 bits per heavy atom. The number of aliphatic carboxylic acids is 1. The highest BCUT2D eigenvalue weighted by atomic mass is 32.1. The molecule has 2 aromatic rings. The highest BCUT2D eigenvalue weighted by molar-refractivity contribution is 7.14. The van der Waals surface area contributed by atoms with E-state index >= 15 is 0 Å². The van der Waals surface area contributed by atoms with Crippen molar-refractivity contribution in [3.8, 4) is 0 Å². The van der Waals surface area contributed by atoms with Crippen LogP contribution in [0.3, 0.4) is 0 Å². The van der Waals surface area contributed by atoms with E-state index in [2.05, 4.69) is 15.0 Å². The van der Waals surface area contributed by atoms with Gasteiger partial charge >= 0.3 is 5.97 Å². The maximum atomic E-state index is 11.8. The van der Waals surface area contributed by atoms with Crippen LogP contribution in [0.2, 0.25) is 0 Å². The minimum Gasteiger partial charge on any atom is -0.481 e. The molecule has 106 valence electrons.